The van der Waals surface area contributed by atoms with Gasteiger partial charge in [-0.05, 0) is 31.4 Å². The molecule has 1 N–H and O–H groups in total. The van der Waals surface area contributed by atoms with Gasteiger partial charge in [-0.1, -0.05) is 19.8 Å². The number of carbonyl (C=O) groups is 1. The van der Waals surface area contributed by atoms with Gasteiger partial charge in [-0.15, -0.1) is 0 Å². The first-order valence-electron chi connectivity index (χ1n) is 9.57. The van der Waals surface area contributed by atoms with Crippen LogP contribution in [0.25, 0.3) is 0 Å². The number of unbranched alkanes of at least 4 members (excludes halogenated alkanes) is 3. The molecule has 2 rings (SSSR count). The summed E-state index contributed by atoms with van der Waals surface area (Å²) in [5.74, 6) is 1.17. The summed E-state index contributed by atoms with van der Waals surface area (Å²) in [7, 11) is -1.75. The highest BCUT2D eigenvalue weighted by Crippen LogP contribution is 2.32. The fraction of sp³-hybridized carbons (Fsp3) is 0.632. The summed E-state index contributed by atoms with van der Waals surface area (Å²) in [5.41, 5.74) is 0. The molecule has 7 nitrogen and oxygen atoms in total. The van der Waals surface area contributed by atoms with E-state index in [4.69, 9.17) is 9.47 Å². The number of rotatable bonds is 11. The van der Waals surface area contributed by atoms with E-state index in [0.717, 1.165) is 32.2 Å². The number of amides is 1. The van der Waals surface area contributed by atoms with Gasteiger partial charge in [0.05, 0.1) is 4.90 Å². The molecule has 0 unspecified atom stereocenters. The summed E-state index contributed by atoms with van der Waals surface area (Å²) in [6.45, 7) is 4.12. The molecular formula is C19H30N2O5S. The zero-order valence-corrected chi connectivity index (χ0v) is 17.0. The molecule has 1 amide bonds. The SMILES string of the molecule is CCCCN(C)C(=O)CCCCCNS(=O)(=O)c1ccc2c(c1)OCCO2. The summed E-state index contributed by atoms with van der Waals surface area (Å²) in [6, 6.07) is 4.62. The number of hydrogen-bond acceptors (Lipinski definition) is 5. The van der Waals surface area contributed by atoms with Crippen LogP contribution < -0.4 is 14.2 Å². The van der Waals surface area contributed by atoms with Crippen LogP contribution in [0.1, 0.15) is 45.4 Å². The molecule has 152 valence electrons. The van der Waals surface area contributed by atoms with Crippen molar-refractivity contribution in [1.29, 1.82) is 0 Å². The van der Waals surface area contributed by atoms with Crippen molar-refractivity contribution in [3.63, 3.8) is 0 Å². The standard InChI is InChI=1S/C19H30N2O5S/c1-3-4-12-21(2)19(22)8-6-5-7-11-20-27(23,24)16-9-10-17-18(15-16)26-14-13-25-17/h9-10,15,20H,3-8,11-14H2,1-2H3. The second-order valence-electron chi connectivity index (χ2n) is 6.68. The zero-order chi connectivity index (χ0) is 19.7. The van der Waals surface area contributed by atoms with Gasteiger partial charge in [0, 0.05) is 32.6 Å². The Bertz CT molecular complexity index is 721. The van der Waals surface area contributed by atoms with Crippen LogP contribution in [-0.4, -0.2) is 52.6 Å². The second kappa shape index (κ2) is 10.5. The van der Waals surface area contributed by atoms with Crippen LogP contribution in [0.3, 0.4) is 0 Å². The molecule has 0 bridgehead atoms. The fourth-order valence-corrected chi connectivity index (χ4v) is 3.86. The molecule has 1 aromatic carbocycles. The van der Waals surface area contributed by atoms with Crippen LogP contribution in [-0.2, 0) is 14.8 Å². The molecule has 8 heteroatoms. The van der Waals surface area contributed by atoms with Gasteiger partial charge in [0.15, 0.2) is 11.5 Å². The maximum absolute atomic E-state index is 12.4. The number of nitrogens with one attached hydrogen (secondary N) is 1. The monoisotopic (exact) mass is 398 g/mol. The Morgan fingerprint density at radius 1 is 1.11 bits per heavy atom. The van der Waals surface area contributed by atoms with Gasteiger partial charge in [0.25, 0.3) is 0 Å². The molecular weight excluding hydrogens is 368 g/mol. The first kappa shape index (κ1) is 21.5. The van der Waals surface area contributed by atoms with Gasteiger partial charge in [0.2, 0.25) is 15.9 Å². The summed E-state index contributed by atoms with van der Waals surface area (Å²) in [5, 5.41) is 0. The van der Waals surface area contributed by atoms with Gasteiger partial charge in [-0.3, -0.25) is 4.79 Å². The van der Waals surface area contributed by atoms with Gasteiger partial charge in [0.1, 0.15) is 13.2 Å². The van der Waals surface area contributed by atoms with Crippen LogP contribution >= 0.6 is 0 Å². The highest BCUT2D eigenvalue weighted by atomic mass is 32.2. The summed E-state index contributed by atoms with van der Waals surface area (Å²) < 4.78 is 38.2. The smallest absolute Gasteiger partial charge is 0.240 e. The van der Waals surface area contributed by atoms with E-state index in [9.17, 15) is 13.2 Å². The third-order valence-electron chi connectivity index (χ3n) is 4.46. The number of ether oxygens (including phenoxy) is 2. The minimum atomic E-state index is -3.58. The molecule has 0 saturated heterocycles. The van der Waals surface area contributed by atoms with E-state index in [2.05, 4.69) is 11.6 Å². The number of nitrogens with zero attached hydrogens (tertiary/aromatic N) is 1. The lowest BCUT2D eigenvalue weighted by Gasteiger charge is -2.19. The fourth-order valence-electron chi connectivity index (χ4n) is 2.77. The predicted octanol–water partition coefficient (Wildman–Crippen LogP) is 2.56. The molecule has 0 radical (unpaired) electrons. The average molecular weight is 399 g/mol. The third-order valence-corrected chi connectivity index (χ3v) is 5.91. The quantitative estimate of drug-likeness (QED) is 0.579. The molecule has 1 aliphatic heterocycles. The molecule has 0 fully saturated rings. The molecule has 0 spiro atoms. The van der Waals surface area contributed by atoms with Crippen molar-refractivity contribution >= 4 is 15.9 Å². The molecule has 1 aliphatic rings. The van der Waals surface area contributed by atoms with Crippen LogP contribution in [0.5, 0.6) is 11.5 Å². The number of fused-ring (bicyclic) bond motifs is 1. The van der Waals surface area contributed by atoms with Crippen molar-refractivity contribution in [1.82, 2.24) is 9.62 Å². The second-order valence-corrected chi connectivity index (χ2v) is 8.45. The lowest BCUT2D eigenvalue weighted by atomic mass is 10.2. The summed E-state index contributed by atoms with van der Waals surface area (Å²) in [4.78, 5) is 13.9. The maximum atomic E-state index is 12.4. The van der Waals surface area contributed by atoms with Gasteiger partial charge >= 0.3 is 0 Å². The largest absolute Gasteiger partial charge is 0.486 e. The van der Waals surface area contributed by atoms with E-state index < -0.39 is 10.0 Å². The molecule has 0 atom stereocenters. The Labute approximate surface area is 162 Å². The highest BCUT2D eigenvalue weighted by molar-refractivity contribution is 7.89. The predicted molar refractivity (Wildman–Crippen MR) is 104 cm³/mol. The summed E-state index contributed by atoms with van der Waals surface area (Å²) in [6.07, 6.45) is 4.86. The molecule has 0 saturated carbocycles. The molecule has 0 aliphatic carbocycles. The topological polar surface area (TPSA) is 84.9 Å². The Balaban J connectivity index is 1.69. The number of sulfonamides is 1. The number of benzene rings is 1. The van der Waals surface area contributed by atoms with Gasteiger partial charge in [-0.25, -0.2) is 13.1 Å². The lowest BCUT2D eigenvalue weighted by molar-refractivity contribution is -0.130. The van der Waals surface area contributed by atoms with E-state index in [1.54, 1.807) is 11.0 Å². The number of hydrogen-bond donors (Lipinski definition) is 1. The lowest BCUT2D eigenvalue weighted by Crippen LogP contribution is -2.27. The van der Waals surface area contributed by atoms with Crippen molar-refractivity contribution in [3.8, 4) is 11.5 Å². The van der Waals surface area contributed by atoms with Crippen LogP contribution in [0.15, 0.2) is 23.1 Å². The van der Waals surface area contributed by atoms with E-state index in [1.807, 2.05) is 7.05 Å². The van der Waals surface area contributed by atoms with Crippen LogP contribution in [0, 0.1) is 0 Å². The minimum absolute atomic E-state index is 0.153. The first-order valence-corrected chi connectivity index (χ1v) is 11.1. The zero-order valence-electron chi connectivity index (χ0n) is 16.2. The third kappa shape index (κ3) is 6.70. The Morgan fingerprint density at radius 3 is 2.59 bits per heavy atom. The van der Waals surface area contributed by atoms with E-state index in [-0.39, 0.29) is 10.8 Å². The molecule has 27 heavy (non-hydrogen) atoms. The summed E-state index contributed by atoms with van der Waals surface area (Å²) >= 11 is 0. The Hall–Kier alpha value is -1.80. The van der Waals surface area contributed by atoms with Gasteiger partial charge < -0.3 is 14.4 Å². The first-order chi connectivity index (χ1) is 12.9. The van der Waals surface area contributed by atoms with Crippen molar-refractivity contribution < 1.29 is 22.7 Å². The van der Waals surface area contributed by atoms with Crippen LogP contribution in [0.2, 0.25) is 0 Å². The van der Waals surface area contributed by atoms with Crippen molar-refractivity contribution in [2.45, 2.75) is 50.3 Å². The van der Waals surface area contributed by atoms with E-state index in [0.29, 0.717) is 44.1 Å². The highest BCUT2D eigenvalue weighted by Gasteiger charge is 2.19. The molecule has 1 heterocycles. The van der Waals surface area contributed by atoms with E-state index >= 15 is 0 Å². The van der Waals surface area contributed by atoms with Crippen molar-refractivity contribution in [2.24, 2.45) is 0 Å². The minimum Gasteiger partial charge on any atom is -0.486 e. The Morgan fingerprint density at radius 2 is 1.85 bits per heavy atom. The van der Waals surface area contributed by atoms with Crippen molar-refractivity contribution in [3.05, 3.63) is 18.2 Å². The number of carbonyl (C=O) groups excluding carboxylic acids is 1. The van der Waals surface area contributed by atoms with E-state index in [1.165, 1.54) is 12.1 Å². The van der Waals surface area contributed by atoms with Gasteiger partial charge in [-0.2, -0.15) is 0 Å². The average Bonchev–Trinajstić information content (AvgIpc) is 2.68. The van der Waals surface area contributed by atoms with Crippen molar-refractivity contribution in [2.75, 3.05) is 33.4 Å². The maximum Gasteiger partial charge on any atom is 0.240 e. The molecule has 1 aromatic rings. The Kier molecular flexibility index (Phi) is 8.37. The normalized spacial score (nSPS) is 13.4. The van der Waals surface area contributed by atoms with Crippen LogP contribution in [0.4, 0.5) is 0 Å². The molecule has 0 aromatic heterocycles.